The number of carboxylic acids is 2. The molecule has 4 atom stereocenters. The average molecular weight is 932 g/mol. The molecule has 0 aliphatic rings. The second kappa shape index (κ2) is 23.8. The van der Waals surface area contributed by atoms with Crippen LogP contribution in [0.1, 0.15) is 64.7 Å². The first kappa shape index (κ1) is 49.3. The number of aliphatic carboxylic acids is 2. The maximum Gasteiger partial charge on any atom is 0.308 e. The molecule has 0 aliphatic heterocycles. The molecule has 0 fully saturated rings. The zero-order valence-corrected chi connectivity index (χ0v) is 36.5. The standard InChI is InChI=1S/C24H24ClFN4O4.C22H22ClFN4O3/c1-14(31)27-12-18(24(33)34)9-16(10-23(32)22-13-28-30-29-22)8-15-2-4-17(5-3-15)20-11-19(25)6-7-21(20)26;23-17-5-6-19(24)18(10-17)15-3-1-13(2-4-15)7-14(8-16(11-25)22(30)31)9-21(29)20-12-26-28-27-20/h2-7,11,13,16,18H,8-10,12H2,1H3,(H,27,31)(H,33,34)(H,28,29,30);1-6,10,12,14,16H,7-9,11,25H2,(H,30,31)(H,26,27,28)/t16-,18+;14-,16+/m11/s1. The molecule has 7 N–H and O–H groups in total. The van der Waals surface area contributed by atoms with Gasteiger partial charge in [-0.1, -0.05) is 71.7 Å². The molecule has 0 radical (unpaired) electrons. The van der Waals surface area contributed by atoms with Crippen molar-refractivity contribution in [3.8, 4) is 22.3 Å². The summed E-state index contributed by atoms with van der Waals surface area (Å²) in [5.74, 6) is -5.85. The van der Waals surface area contributed by atoms with Crippen molar-refractivity contribution in [2.45, 2.75) is 45.4 Å². The van der Waals surface area contributed by atoms with Crippen molar-refractivity contribution in [2.75, 3.05) is 13.1 Å². The minimum absolute atomic E-state index is 0.0169. The molecule has 0 unspecified atom stereocenters. The maximum atomic E-state index is 14.2. The van der Waals surface area contributed by atoms with Gasteiger partial charge in [-0.05, 0) is 96.2 Å². The van der Waals surface area contributed by atoms with Gasteiger partial charge in [0.15, 0.2) is 11.6 Å². The van der Waals surface area contributed by atoms with E-state index in [1.54, 1.807) is 36.4 Å². The highest BCUT2D eigenvalue weighted by Gasteiger charge is 2.27. The Bertz CT molecular complexity index is 2550. The summed E-state index contributed by atoms with van der Waals surface area (Å²) in [6.07, 6.45) is 4.12. The summed E-state index contributed by atoms with van der Waals surface area (Å²) in [4.78, 5) is 59.6. The smallest absolute Gasteiger partial charge is 0.308 e. The van der Waals surface area contributed by atoms with E-state index in [1.807, 2.05) is 24.3 Å². The van der Waals surface area contributed by atoms with Crippen molar-refractivity contribution in [3.05, 3.63) is 142 Å². The van der Waals surface area contributed by atoms with Crippen molar-refractivity contribution >= 4 is 52.6 Å². The molecule has 65 heavy (non-hydrogen) atoms. The van der Waals surface area contributed by atoms with E-state index in [0.717, 1.165) is 11.1 Å². The number of hydrogen-bond acceptors (Lipinski definition) is 10. The van der Waals surface area contributed by atoms with Crippen LogP contribution < -0.4 is 11.1 Å². The third-order valence-electron chi connectivity index (χ3n) is 10.6. The first-order valence-corrected chi connectivity index (χ1v) is 21.1. The Morgan fingerprint density at radius 1 is 0.662 bits per heavy atom. The van der Waals surface area contributed by atoms with Gasteiger partial charge in [0.25, 0.3) is 0 Å². The number of amides is 1. The van der Waals surface area contributed by atoms with Crippen LogP contribution in [0.2, 0.25) is 10.0 Å². The van der Waals surface area contributed by atoms with Gasteiger partial charge in [-0.25, -0.2) is 8.78 Å². The molecule has 15 nitrogen and oxygen atoms in total. The van der Waals surface area contributed by atoms with Crippen molar-refractivity contribution in [2.24, 2.45) is 29.4 Å². The van der Waals surface area contributed by atoms with E-state index < -0.39 is 29.6 Å². The number of ketones is 2. The van der Waals surface area contributed by atoms with Crippen LogP contribution in [0.5, 0.6) is 0 Å². The zero-order chi connectivity index (χ0) is 47.0. The van der Waals surface area contributed by atoms with Gasteiger partial charge in [0.05, 0.1) is 24.2 Å². The Morgan fingerprint density at radius 3 is 1.43 bits per heavy atom. The topological polar surface area (TPSA) is 247 Å². The Kier molecular flexibility index (Phi) is 18.1. The van der Waals surface area contributed by atoms with Crippen molar-refractivity contribution in [1.29, 1.82) is 0 Å². The summed E-state index contributed by atoms with van der Waals surface area (Å²) < 4.78 is 28.3. The summed E-state index contributed by atoms with van der Waals surface area (Å²) in [5, 5.41) is 42.1. The normalized spacial score (nSPS) is 12.8. The minimum Gasteiger partial charge on any atom is -0.481 e. The van der Waals surface area contributed by atoms with Crippen LogP contribution in [0.25, 0.3) is 22.3 Å². The SMILES string of the molecule is CC(=O)NC[C@H](C[C@H](CC(=O)c1cn[nH]n1)Cc1ccc(-c2cc(Cl)ccc2F)cc1)C(=O)O.NC[C@H](C[C@H](CC(=O)c1cn[nH]n1)Cc1ccc(-c2cc(Cl)ccc2F)cc1)C(=O)O. The highest BCUT2D eigenvalue weighted by atomic mass is 35.5. The predicted octanol–water partition coefficient (Wildman–Crippen LogP) is 7.67. The molecule has 6 rings (SSSR count). The second-order valence-electron chi connectivity index (χ2n) is 15.5. The number of aromatic amines is 2. The molecule has 340 valence electrons. The van der Waals surface area contributed by atoms with E-state index in [1.165, 1.54) is 43.6 Å². The highest BCUT2D eigenvalue weighted by Crippen LogP contribution is 2.30. The third-order valence-corrected chi connectivity index (χ3v) is 11.1. The maximum absolute atomic E-state index is 14.2. The van der Waals surface area contributed by atoms with Crippen LogP contribution in [0.4, 0.5) is 8.78 Å². The van der Waals surface area contributed by atoms with Crippen LogP contribution in [0.15, 0.2) is 97.3 Å². The van der Waals surface area contributed by atoms with Gasteiger partial charge in [-0.15, -0.1) is 0 Å². The molecular weight excluding hydrogens is 885 g/mol. The number of rotatable bonds is 21. The molecule has 19 heteroatoms. The number of nitrogens with zero attached hydrogens (tertiary/aromatic N) is 4. The molecule has 0 saturated heterocycles. The monoisotopic (exact) mass is 930 g/mol. The van der Waals surface area contributed by atoms with Gasteiger partial charge in [0, 0.05) is 54.0 Å². The van der Waals surface area contributed by atoms with Gasteiger partial charge >= 0.3 is 11.9 Å². The van der Waals surface area contributed by atoms with Gasteiger partial charge in [0.2, 0.25) is 5.91 Å². The molecule has 2 heterocycles. The van der Waals surface area contributed by atoms with Crippen molar-refractivity contribution < 1.29 is 43.0 Å². The number of nitrogens with one attached hydrogen (secondary N) is 3. The van der Waals surface area contributed by atoms with Crippen molar-refractivity contribution in [1.82, 2.24) is 36.1 Å². The number of carboxylic acid groups (broad SMARTS) is 2. The van der Waals surface area contributed by atoms with E-state index in [0.29, 0.717) is 45.1 Å². The summed E-state index contributed by atoms with van der Waals surface area (Å²) in [5.41, 5.74) is 9.82. The lowest BCUT2D eigenvalue weighted by molar-refractivity contribution is -0.143. The van der Waals surface area contributed by atoms with E-state index in [2.05, 4.69) is 36.1 Å². The lowest BCUT2D eigenvalue weighted by atomic mass is 9.85. The molecular formula is C46H46Cl2F2N8O7. The number of nitrogens with two attached hydrogens (primary N) is 1. The Labute approximate surface area is 382 Å². The number of H-pyrrole nitrogens is 2. The number of carbonyl (C=O) groups excluding carboxylic acids is 3. The van der Waals surface area contributed by atoms with Gasteiger partial charge < -0.3 is 21.3 Å². The van der Waals surface area contributed by atoms with E-state index in [4.69, 9.17) is 28.9 Å². The van der Waals surface area contributed by atoms with Crippen LogP contribution in [-0.2, 0) is 27.2 Å². The zero-order valence-electron chi connectivity index (χ0n) is 35.0. The van der Waals surface area contributed by atoms with Crippen LogP contribution in [0, 0.1) is 35.3 Å². The highest BCUT2D eigenvalue weighted by molar-refractivity contribution is 6.31. The predicted molar refractivity (Wildman–Crippen MR) is 238 cm³/mol. The number of halogens is 4. The Hall–Kier alpha value is -6.69. The number of carbonyl (C=O) groups is 5. The van der Waals surface area contributed by atoms with Crippen LogP contribution in [-0.4, -0.2) is 83.5 Å². The molecule has 2 aromatic heterocycles. The van der Waals surface area contributed by atoms with Crippen molar-refractivity contribution in [3.63, 3.8) is 0 Å². The van der Waals surface area contributed by atoms with Crippen LogP contribution >= 0.6 is 23.2 Å². The summed E-state index contributed by atoms with van der Waals surface area (Å²) in [6, 6.07) is 23.0. The quantitative estimate of drug-likeness (QED) is 0.0381. The first-order chi connectivity index (χ1) is 31.1. The first-order valence-electron chi connectivity index (χ1n) is 20.4. The molecule has 0 aliphatic carbocycles. The fraction of sp³-hybridized carbons (Fsp3) is 0.283. The second-order valence-corrected chi connectivity index (χ2v) is 16.3. The molecule has 4 aromatic carbocycles. The number of benzene rings is 4. The van der Waals surface area contributed by atoms with Crippen LogP contribution in [0.3, 0.4) is 0 Å². The summed E-state index contributed by atoms with van der Waals surface area (Å²) in [7, 11) is 0. The van der Waals surface area contributed by atoms with Gasteiger partial charge in [0.1, 0.15) is 23.0 Å². The summed E-state index contributed by atoms with van der Waals surface area (Å²) in [6.45, 7) is 1.26. The fourth-order valence-corrected chi connectivity index (χ4v) is 7.61. The lowest BCUT2D eigenvalue weighted by Gasteiger charge is -2.21. The van der Waals surface area contributed by atoms with E-state index in [9.17, 15) is 43.0 Å². The molecule has 6 aromatic rings. The molecule has 1 amide bonds. The summed E-state index contributed by atoms with van der Waals surface area (Å²) >= 11 is 12.0. The number of hydrogen-bond donors (Lipinski definition) is 6. The molecule has 0 bridgehead atoms. The number of Topliss-reactive ketones (excluding diaryl/α,β-unsaturated/α-hetero) is 2. The van der Waals surface area contributed by atoms with Gasteiger partial charge in [-0.3, -0.25) is 24.0 Å². The Balaban J connectivity index is 0.000000245. The molecule has 0 spiro atoms. The average Bonchev–Trinajstić information content (AvgIpc) is 4.03. The Morgan fingerprint density at radius 2 is 1.08 bits per heavy atom. The third kappa shape index (κ3) is 14.9. The van der Waals surface area contributed by atoms with E-state index in [-0.39, 0.29) is 85.3 Å². The number of aromatic nitrogens is 6. The van der Waals surface area contributed by atoms with E-state index >= 15 is 0 Å². The molecule has 0 saturated carbocycles. The largest absolute Gasteiger partial charge is 0.481 e. The van der Waals surface area contributed by atoms with Gasteiger partial charge in [-0.2, -0.15) is 30.8 Å². The lowest BCUT2D eigenvalue weighted by Crippen LogP contribution is -2.33. The fourth-order valence-electron chi connectivity index (χ4n) is 7.27. The minimum atomic E-state index is -1.06.